The highest BCUT2D eigenvalue weighted by molar-refractivity contribution is 7.21. The summed E-state index contributed by atoms with van der Waals surface area (Å²) < 4.78 is 1.03. The number of carbonyl (C=O) groups excluding carboxylic acids is 1. The van der Waals surface area contributed by atoms with Crippen molar-refractivity contribution in [1.82, 2.24) is 4.90 Å². The molecule has 0 radical (unpaired) electrons. The zero-order valence-electron chi connectivity index (χ0n) is 11.6. The molecule has 0 spiro atoms. The first kappa shape index (κ1) is 13.4. The van der Waals surface area contributed by atoms with Crippen LogP contribution in [0.4, 0.5) is 5.69 Å². The number of aryl methyl sites for hydroxylation is 1. The van der Waals surface area contributed by atoms with Crippen molar-refractivity contribution in [3.63, 3.8) is 0 Å². The van der Waals surface area contributed by atoms with Crippen LogP contribution in [0.5, 0.6) is 0 Å². The SMILES string of the molecule is Cc1ccc2sc(C(=O)N3CCC(C)(O)C3)c(N)c2c1. The number of nitrogens with two attached hydrogens (primary N) is 1. The fourth-order valence-corrected chi connectivity index (χ4v) is 3.72. The maximum Gasteiger partial charge on any atom is 0.266 e. The Kier molecular flexibility index (Phi) is 2.99. The van der Waals surface area contributed by atoms with Crippen LogP contribution in [0.3, 0.4) is 0 Å². The van der Waals surface area contributed by atoms with Crippen molar-refractivity contribution in [2.24, 2.45) is 0 Å². The molecule has 106 valence electrons. The van der Waals surface area contributed by atoms with Crippen LogP contribution in [0.25, 0.3) is 10.1 Å². The van der Waals surface area contributed by atoms with Crippen molar-refractivity contribution in [2.75, 3.05) is 18.8 Å². The van der Waals surface area contributed by atoms with Gasteiger partial charge in [0.1, 0.15) is 4.88 Å². The highest BCUT2D eigenvalue weighted by Crippen LogP contribution is 2.36. The number of benzene rings is 1. The molecule has 1 atom stereocenters. The Hall–Kier alpha value is -1.59. The molecule has 4 nitrogen and oxygen atoms in total. The lowest BCUT2D eigenvalue weighted by Gasteiger charge is -2.18. The number of rotatable bonds is 1. The van der Waals surface area contributed by atoms with Gasteiger partial charge in [-0.25, -0.2) is 0 Å². The second kappa shape index (κ2) is 4.46. The molecule has 1 saturated heterocycles. The first-order valence-corrected chi connectivity index (χ1v) is 7.49. The van der Waals surface area contributed by atoms with Gasteiger partial charge >= 0.3 is 0 Å². The molecular weight excluding hydrogens is 272 g/mol. The molecule has 1 aromatic heterocycles. The molecule has 1 aliphatic heterocycles. The Morgan fingerprint density at radius 3 is 2.90 bits per heavy atom. The second-order valence-corrected chi connectivity index (χ2v) is 6.87. The normalized spacial score (nSPS) is 22.6. The molecule has 1 unspecified atom stereocenters. The largest absolute Gasteiger partial charge is 0.397 e. The Morgan fingerprint density at radius 2 is 2.25 bits per heavy atom. The van der Waals surface area contributed by atoms with Crippen molar-refractivity contribution in [3.05, 3.63) is 28.6 Å². The lowest BCUT2D eigenvalue weighted by Crippen LogP contribution is -2.33. The van der Waals surface area contributed by atoms with Crippen molar-refractivity contribution in [2.45, 2.75) is 25.9 Å². The van der Waals surface area contributed by atoms with Crippen molar-refractivity contribution in [3.8, 4) is 0 Å². The van der Waals surface area contributed by atoms with Crippen LogP contribution in [0.2, 0.25) is 0 Å². The topological polar surface area (TPSA) is 66.6 Å². The summed E-state index contributed by atoms with van der Waals surface area (Å²) in [6.45, 7) is 4.73. The third-order valence-electron chi connectivity index (χ3n) is 3.82. The van der Waals surface area contributed by atoms with E-state index in [-0.39, 0.29) is 5.91 Å². The van der Waals surface area contributed by atoms with E-state index in [1.165, 1.54) is 11.3 Å². The van der Waals surface area contributed by atoms with Crippen LogP contribution in [0.15, 0.2) is 18.2 Å². The molecule has 3 rings (SSSR count). The van der Waals surface area contributed by atoms with E-state index in [0.29, 0.717) is 30.1 Å². The van der Waals surface area contributed by atoms with Crippen LogP contribution >= 0.6 is 11.3 Å². The average Bonchev–Trinajstić information content (AvgIpc) is 2.90. The maximum absolute atomic E-state index is 12.6. The number of fused-ring (bicyclic) bond motifs is 1. The minimum Gasteiger partial charge on any atom is -0.397 e. The Morgan fingerprint density at radius 1 is 1.50 bits per heavy atom. The number of amides is 1. The summed E-state index contributed by atoms with van der Waals surface area (Å²) in [7, 11) is 0. The van der Waals surface area contributed by atoms with Gasteiger partial charge in [-0.15, -0.1) is 11.3 Å². The van der Waals surface area contributed by atoms with Gasteiger partial charge in [0.05, 0.1) is 11.3 Å². The molecule has 0 saturated carbocycles. The third-order valence-corrected chi connectivity index (χ3v) is 4.99. The van der Waals surface area contributed by atoms with Gasteiger partial charge in [-0.3, -0.25) is 4.79 Å². The fourth-order valence-electron chi connectivity index (χ4n) is 2.65. The van der Waals surface area contributed by atoms with Crippen molar-refractivity contribution in [1.29, 1.82) is 0 Å². The lowest BCUT2D eigenvalue weighted by atomic mass is 10.1. The number of thiophene rings is 1. The van der Waals surface area contributed by atoms with Crippen molar-refractivity contribution < 1.29 is 9.90 Å². The predicted molar refractivity (Wildman–Crippen MR) is 82.1 cm³/mol. The van der Waals surface area contributed by atoms with Gasteiger partial charge in [0, 0.05) is 23.2 Å². The molecule has 5 heteroatoms. The van der Waals surface area contributed by atoms with E-state index in [0.717, 1.165) is 15.6 Å². The number of hydrogen-bond donors (Lipinski definition) is 2. The van der Waals surface area contributed by atoms with E-state index in [1.807, 2.05) is 25.1 Å². The molecule has 1 fully saturated rings. The molecule has 2 heterocycles. The van der Waals surface area contributed by atoms with E-state index in [4.69, 9.17) is 5.73 Å². The van der Waals surface area contributed by atoms with Gasteiger partial charge in [0.2, 0.25) is 0 Å². The van der Waals surface area contributed by atoms with Gasteiger partial charge in [-0.05, 0) is 32.4 Å². The second-order valence-electron chi connectivity index (χ2n) is 5.82. The number of hydrogen-bond acceptors (Lipinski definition) is 4. The molecule has 1 aliphatic rings. The summed E-state index contributed by atoms with van der Waals surface area (Å²) >= 11 is 1.43. The monoisotopic (exact) mass is 290 g/mol. The zero-order valence-corrected chi connectivity index (χ0v) is 12.5. The summed E-state index contributed by atoms with van der Waals surface area (Å²) in [5, 5.41) is 10.9. The van der Waals surface area contributed by atoms with Gasteiger partial charge < -0.3 is 15.7 Å². The first-order chi connectivity index (χ1) is 9.37. The van der Waals surface area contributed by atoms with Gasteiger partial charge in [0.15, 0.2) is 0 Å². The number of nitrogens with zero attached hydrogens (tertiary/aromatic N) is 1. The summed E-state index contributed by atoms with van der Waals surface area (Å²) in [5.74, 6) is -0.0703. The number of β-amino-alcohol motifs (C(OH)–C–C–N with tert-alkyl or cyclic N) is 1. The zero-order chi connectivity index (χ0) is 14.5. The van der Waals surface area contributed by atoms with E-state index in [1.54, 1.807) is 11.8 Å². The summed E-state index contributed by atoms with van der Waals surface area (Å²) in [6.07, 6.45) is 0.614. The third kappa shape index (κ3) is 2.17. The van der Waals surface area contributed by atoms with E-state index in [9.17, 15) is 9.90 Å². The molecule has 2 aromatic rings. The summed E-state index contributed by atoms with van der Waals surface area (Å²) in [5.41, 5.74) is 7.05. The summed E-state index contributed by atoms with van der Waals surface area (Å²) in [6, 6.07) is 6.04. The fraction of sp³-hybridized carbons (Fsp3) is 0.400. The highest BCUT2D eigenvalue weighted by Gasteiger charge is 2.35. The van der Waals surface area contributed by atoms with Crippen LogP contribution in [-0.2, 0) is 0 Å². The molecule has 3 N–H and O–H groups in total. The first-order valence-electron chi connectivity index (χ1n) is 6.68. The molecule has 1 aromatic carbocycles. The van der Waals surface area contributed by atoms with Crippen LogP contribution in [-0.4, -0.2) is 34.6 Å². The smallest absolute Gasteiger partial charge is 0.266 e. The molecular formula is C15H18N2O2S. The molecule has 0 bridgehead atoms. The van der Waals surface area contributed by atoms with E-state index < -0.39 is 5.60 Å². The highest BCUT2D eigenvalue weighted by atomic mass is 32.1. The number of anilines is 1. The lowest BCUT2D eigenvalue weighted by molar-refractivity contribution is 0.0575. The number of carbonyl (C=O) groups is 1. The standard InChI is InChI=1S/C15H18N2O2S/c1-9-3-4-11-10(7-9)12(16)13(20-11)14(18)17-6-5-15(2,19)8-17/h3-4,7,19H,5-6,8,16H2,1-2H3. The van der Waals surface area contributed by atoms with Gasteiger partial charge in [-0.1, -0.05) is 11.6 Å². The van der Waals surface area contributed by atoms with E-state index >= 15 is 0 Å². The minimum absolute atomic E-state index is 0.0703. The molecule has 0 aliphatic carbocycles. The summed E-state index contributed by atoms with van der Waals surface area (Å²) in [4.78, 5) is 14.8. The minimum atomic E-state index is -0.780. The van der Waals surface area contributed by atoms with Crippen LogP contribution in [0.1, 0.15) is 28.6 Å². The Labute approximate surface area is 121 Å². The predicted octanol–water partition coefficient (Wildman–Crippen LogP) is 2.39. The number of aliphatic hydroxyl groups is 1. The molecule has 1 amide bonds. The Bertz CT molecular complexity index is 690. The van der Waals surface area contributed by atoms with Crippen LogP contribution < -0.4 is 5.73 Å². The van der Waals surface area contributed by atoms with Gasteiger partial charge in [0.25, 0.3) is 5.91 Å². The average molecular weight is 290 g/mol. The maximum atomic E-state index is 12.6. The van der Waals surface area contributed by atoms with Crippen LogP contribution in [0, 0.1) is 6.92 Å². The number of likely N-dealkylation sites (tertiary alicyclic amines) is 1. The van der Waals surface area contributed by atoms with E-state index in [2.05, 4.69) is 0 Å². The quantitative estimate of drug-likeness (QED) is 0.847. The van der Waals surface area contributed by atoms with Gasteiger partial charge in [-0.2, -0.15) is 0 Å². The Balaban J connectivity index is 1.98. The molecule has 20 heavy (non-hydrogen) atoms. The number of nitrogen functional groups attached to an aromatic ring is 1. The van der Waals surface area contributed by atoms with Crippen molar-refractivity contribution >= 4 is 33.0 Å².